The molecule has 0 fully saturated rings. The molecule has 0 spiro atoms. The van der Waals surface area contributed by atoms with Gasteiger partial charge in [0, 0.05) is 10.9 Å². The molecule has 0 saturated heterocycles. The number of amides is 2. The highest BCUT2D eigenvalue weighted by Crippen LogP contribution is 2.38. The van der Waals surface area contributed by atoms with E-state index in [1.54, 1.807) is 18.2 Å². The van der Waals surface area contributed by atoms with Crippen molar-refractivity contribution < 1.29 is 22.7 Å². The van der Waals surface area contributed by atoms with Gasteiger partial charge < -0.3 is 10.1 Å². The number of nitrogens with zero attached hydrogens (tertiary/aromatic N) is 2. The standard InChI is InChI=1S/C28H36F3N5O2/c1-7-26(3,4)18-13-14-22(20(17-18)27(5,6)8-2)38-16-15-32-25(37)36-35-23-19-11-9-10-12-21(19)33-24(34-23)28(29,30)31/h9-14,17H,7-8,15-16H2,1-6H3,(H2,32,36,37)(H,33,34,35). The van der Waals surface area contributed by atoms with E-state index in [4.69, 9.17) is 4.74 Å². The quantitative estimate of drug-likeness (QED) is 0.199. The van der Waals surface area contributed by atoms with Gasteiger partial charge in [-0.1, -0.05) is 65.8 Å². The van der Waals surface area contributed by atoms with Gasteiger partial charge in [-0.05, 0) is 47.4 Å². The maximum atomic E-state index is 13.2. The molecule has 0 atom stereocenters. The number of aromatic nitrogens is 2. The average Bonchev–Trinajstić information content (AvgIpc) is 2.88. The van der Waals surface area contributed by atoms with Gasteiger partial charge in [-0.3, -0.25) is 10.9 Å². The number of alkyl halides is 3. The van der Waals surface area contributed by atoms with Crippen molar-refractivity contribution in [3.8, 4) is 5.75 Å². The van der Waals surface area contributed by atoms with Crippen molar-refractivity contribution in [2.45, 2.75) is 71.4 Å². The molecule has 0 saturated carbocycles. The van der Waals surface area contributed by atoms with E-state index in [9.17, 15) is 18.0 Å². The molecular formula is C28H36F3N5O2. The first-order valence-corrected chi connectivity index (χ1v) is 12.7. The zero-order valence-electron chi connectivity index (χ0n) is 22.7. The predicted molar refractivity (Wildman–Crippen MR) is 143 cm³/mol. The van der Waals surface area contributed by atoms with Crippen LogP contribution in [0.4, 0.5) is 23.8 Å². The zero-order chi connectivity index (χ0) is 28.1. The number of carbonyl (C=O) groups excluding carboxylic acids is 1. The van der Waals surface area contributed by atoms with E-state index in [1.165, 1.54) is 11.6 Å². The summed E-state index contributed by atoms with van der Waals surface area (Å²) in [5.74, 6) is -0.690. The lowest BCUT2D eigenvalue weighted by molar-refractivity contribution is -0.144. The Kier molecular flexibility index (Phi) is 8.74. The first-order chi connectivity index (χ1) is 17.8. The van der Waals surface area contributed by atoms with Gasteiger partial charge in [0.25, 0.3) is 0 Å². The fraction of sp³-hybridized carbons (Fsp3) is 0.464. The van der Waals surface area contributed by atoms with E-state index < -0.39 is 18.0 Å². The van der Waals surface area contributed by atoms with Crippen LogP contribution in [0.5, 0.6) is 5.75 Å². The van der Waals surface area contributed by atoms with Crippen LogP contribution >= 0.6 is 0 Å². The Hall–Kier alpha value is -3.56. The van der Waals surface area contributed by atoms with E-state index in [0.29, 0.717) is 5.39 Å². The number of hydrogen-bond donors (Lipinski definition) is 3. The number of ether oxygens (including phenoxy) is 1. The number of urea groups is 1. The Morgan fingerprint density at radius 2 is 1.63 bits per heavy atom. The number of benzene rings is 2. The maximum Gasteiger partial charge on any atom is 0.451 e. The first-order valence-electron chi connectivity index (χ1n) is 12.7. The van der Waals surface area contributed by atoms with Crippen molar-refractivity contribution in [2.24, 2.45) is 0 Å². The summed E-state index contributed by atoms with van der Waals surface area (Å²) in [6.45, 7) is 13.5. The van der Waals surface area contributed by atoms with E-state index >= 15 is 0 Å². The SMILES string of the molecule is CCC(C)(C)c1ccc(OCCNC(=O)NNc2nc(C(F)(F)F)nc3ccccc23)c(C(C)(C)CC)c1. The first kappa shape index (κ1) is 29.0. The number of halogens is 3. The molecule has 0 radical (unpaired) electrons. The molecule has 10 heteroatoms. The van der Waals surface area contributed by atoms with Crippen molar-refractivity contribution in [1.29, 1.82) is 0 Å². The summed E-state index contributed by atoms with van der Waals surface area (Å²) in [5.41, 5.74) is 7.21. The minimum atomic E-state index is -4.73. The molecule has 0 aliphatic carbocycles. The minimum Gasteiger partial charge on any atom is -0.491 e. The number of hydrazine groups is 1. The summed E-state index contributed by atoms with van der Waals surface area (Å²) in [5, 5.41) is 2.97. The summed E-state index contributed by atoms with van der Waals surface area (Å²) in [7, 11) is 0. The van der Waals surface area contributed by atoms with E-state index in [2.05, 4.69) is 79.8 Å². The number of fused-ring (bicyclic) bond motifs is 1. The molecule has 3 rings (SSSR count). The molecular weight excluding hydrogens is 495 g/mol. The summed E-state index contributed by atoms with van der Waals surface area (Å²) in [6, 6.07) is 11.9. The summed E-state index contributed by atoms with van der Waals surface area (Å²) >= 11 is 0. The van der Waals surface area contributed by atoms with Crippen molar-refractivity contribution in [2.75, 3.05) is 18.6 Å². The Balaban J connectivity index is 1.62. The van der Waals surface area contributed by atoms with Gasteiger partial charge >= 0.3 is 12.2 Å². The van der Waals surface area contributed by atoms with Gasteiger partial charge in [0.15, 0.2) is 5.82 Å². The highest BCUT2D eigenvalue weighted by Gasteiger charge is 2.35. The van der Waals surface area contributed by atoms with Crippen LogP contribution in [0.25, 0.3) is 10.9 Å². The predicted octanol–water partition coefficient (Wildman–Crippen LogP) is 6.73. The molecule has 206 valence electrons. The smallest absolute Gasteiger partial charge is 0.451 e. The van der Waals surface area contributed by atoms with E-state index in [-0.39, 0.29) is 35.3 Å². The molecule has 0 unspecified atom stereocenters. The number of hydrogen-bond acceptors (Lipinski definition) is 5. The third kappa shape index (κ3) is 6.85. The number of para-hydroxylation sites is 1. The lowest BCUT2D eigenvalue weighted by Gasteiger charge is -2.30. The summed E-state index contributed by atoms with van der Waals surface area (Å²) in [4.78, 5) is 19.4. The molecule has 0 aliphatic rings. The highest BCUT2D eigenvalue weighted by atomic mass is 19.4. The van der Waals surface area contributed by atoms with Gasteiger partial charge in [-0.2, -0.15) is 13.2 Å². The monoisotopic (exact) mass is 531 g/mol. The average molecular weight is 532 g/mol. The Morgan fingerprint density at radius 1 is 0.947 bits per heavy atom. The second-order valence-electron chi connectivity index (χ2n) is 10.5. The molecule has 2 amide bonds. The minimum absolute atomic E-state index is 0.0413. The Bertz CT molecular complexity index is 1280. The van der Waals surface area contributed by atoms with Gasteiger partial charge in [-0.15, -0.1) is 0 Å². The number of carbonyl (C=O) groups is 1. The van der Waals surface area contributed by atoms with Crippen LogP contribution in [-0.2, 0) is 17.0 Å². The largest absolute Gasteiger partial charge is 0.491 e. The van der Waals surface area contributed by atoms with Crippen molar-refractivity contribution in [3.05, 3.63) is 59.4 Å². The topological polar surface area (TPSA) is 88.2 Å². The zero-order valence-corrected chi connectivity index (χ0v) is 22.7. The van der Waals surface area contributed by atoms with Crippen molar-refractivity contribution in [1.82, 2.24) is 20.7 Å². The number of nitrogens with one attached hydrogen (secondary N) is 3. The third-order valence-electron chi connectivity index (χ3n) is 7.05. The fourth-order valence-corrected chi connectivity index (χ4v) is 3.78. The molecule has 7 nitrogen and oxygen atoms in total. The van der Waals surface area contributed by atoms with Crippen LogP contribution in [0.15, 0.2) is 42.5 Å². The molecule has 1 heterocycles. The lowest BCUT2D eigenvalue weighted by Crippen LogP contribution is -2.41. The lowest BCUT2D eigenvalue weighted by atomic mass is 9.76. The normalized spacial score (nSPS) is 12.3. The van der Waals surface area contributed by atoms with E-state index in [0.717, 1.165) is 24.2 Å². The van der Waals surface area contributed by atoms with E-state index in [1.807, 2.05) is 6.07 Å². The fourth-order valence-electron chi connectivity index (χ4n) is 3.78. The third-order valence-corrected chi connectivity index (χ3v) is 7.05. The summed E-state index contributed by atoms with van der Waals surface area (Å²) < 4.78 is 45.6. The van der Waals surface area contributed by atoms with Crippen LogP contribution in [0.2, 0.25) is 0 Å². The van der Waals surface area contributed by atoms with Crippen LogP contribution < -0.4 is 20.9 Å². The molecule has 0 bridgehead atoms. The van der Waals surface area contributed by atoms with Gasteiger partial charge in [0.05, 0.1) is 12.1 Å². The van der Waals surface area contributed by atoms with Gasteiger partial charge in [0.2, 0.25) is 5.82 Å². The van der Waals surface area contributed by atoms with Crippen LogP contribution in [0, 0.1) is 0 Å². The second-order valence-corrected chi connectivity index (χ2v) is 10.5. The number of anilines is 1. The maximum absolute atomic E-state index is 13.2. The summed E-state index contributed by atoms with van der Waals surface area (Å²) in [6.07, 6.45) is -2.79. The number of rotatable bonds is 10. The van der Waals surface area contributed by atoms with Gasteiger partial charge in [-0.25, -0.2) is 14.8 Å². The van der Waals surface area contributed by atoms with Gasteiger partial charge in [0.1, 0.15) is 12.4 Å². The molecule has 2 aromatic carbocycles. The van der Waals surface area contributed by atoms with Crippen LogP contribution in [-0.4, -0.2) is 29.2 Å². The Morgan fingerprint density at radius 3 is 2.29 bits per heavy atom. The second kappa shape index (κ2) is 11.4. The highest BCUT2D eigenvalue weighted by molar-refractivity contribution is 5.89. The molecule has 1 aromatic heterocycles. The van der Waals surface area contributed by atoms with Crippen molar-refractivity contribution >= 4 is 22.8 Å². The van der Waals surface area contributed by atoms with Crippen LogP contribution in [0.1, 0.15) is 71.3 Å². The molecule has 3 aromatic rings. The molecule has 0 aliphatic heterocycles. The Labute approximate surface area is 221 Å². The van der Waals surface area contributed by atoms with Crippen LogP contribution in [0.3, 0.4) is 0 Å². The molecule has 3 N–H and O–H groups in total. The van der Waals surface area contributed by atoms with Crippen molar-refractivity contribution in [3.63, 3.8) is 0 Å². The molecule has 38 heavy (non-hydrogen) atoms.